The number of rotatable bonds is 4. The van der Waals surface area contributed by atoms with Gasteiger partial charge in [-0.3, -0.25) is 0 Å². The highest BCUT2D eigenvalue weighted by molar-refractivity contribution is 5.51. The number of nitrogens with zero attached hydrogens (tertiary/aromatic N) is 3. The molecule has 0 aliphatic rings. The first-order chi connectivity index (χ1) is 10.5. The van der Waals surface area contributed by atoms with E-state index in [-0.39, 0.29) is 0 Å². The van der Waals surface area contributed by atoms with Crippen molar-refractivity contribution in [3.63, 3.8) is 0 Å². The van der Waals surface area contributed by atoms with Crippen molar-refractivity contribution in [3.8, 4) is 0 Å². The summed E-state index contributed by atoms with van der Waals surface area (Å²) in [5, 5.41) is 0. The van der Waals surface area contributed by atoms with Gasteiger partial charge in [0.1, 0.15) is 5.65 Å². The smallest absolute Gasteiger partial charge is 0.137 e. The monoisotopic (exact) mass is 294 g/mol. The predicted molar refractivity (Wildman–Crippen MR) is 91.0 cm³/mol. The van der Waals surface area contributed by atoms with E-state index in [0.717, 1.165) is 30.0 Å². The second-order valence-corrected chi connectivity index (χ2v) is 6.10. The minimum Gasteiger partial charge on any atom is -0.398 e. The minimum absolute atomic E-state index is 0.756. The number of nitrogens with two attached hydrogens (primary N) is 1. The van der Waals surface area contributed by atoms with Crippen LogP contribution in [0.2, 0.25) is 0 Å². The number of nitrogen functional groups attached to an aromatic ring is 1. The van der Waals surface area contributed by atoms with Crippen LogP contribution in [-0.4, -0.2) is 28.4 Å². The van der Waals surface area contributed by atoms with E-state index in [9.17, 15) is 0 Å². The van der Waals surface area contributed by atoms with Gasteiger partial charge in [-0.2, -0.15) is 0 Å². The van der Waals surface area contributed by atoms with Gasteiger partial charge < -0.3 is 15.0 Å². The number of benzene rings is 1. The number of hydrogen-bond donors (Lipinski definition) is 1. The quantitative estimate of drug-likeness (QED) is 0.805. The molecule has 2 N–H and O–H groups in total. The van der Waals surface area contributed by atoms with Crippen LogP contribution in [0.3, 0.4) is 0 Å². The van der Waals surface area contributed by atoms with Gasteiger partial charge in [-0.1, -0.05) is 29.8 Å². The van der Waals surface area contributed by atoms with Crippen LogP contribution < -0.4 is 5.73 Å². The summed E-state index contributed by atoms with van der Waals surface area (Å²) in [6.07, 6.45) is 2.80. The van der Waals surface area contributed by atoms with E-state index < -0.39 is 0 Å². The van der Waals surface area contributed by atoms with Crippen molar-refractivity contribution < 1.29 is 0 Å². The highest BCUT2D eigenvalue weighted by atomic mass is 15.1. The molecule has 0 saturated heterocycles. The van der Waals surface area contributed by atoms with E-state index in [1.54, 1.807) is 0 Å². The molecular weight excluding hydrogens is 272 g/mol. The lowest BCUT2D eigenvalue weighted by atomic mass is 10.1. The lowest BCUT2D eigenvalue weighted by Crippen LogP contribution is -2.14. The van der Waals surface area contributed by atoms with Gasteiger partial charge >= 0.3 is 0 Å². The maximum Gasteiger partial charge on any atom is 0.137 e. The summed E-state index contributed by atoms with van der Waals surface area (Å²) < 4.78 is 2.11. The van der Waals surface area contributed by atoms with E-state index in [1.807, 2.05) is 18.3 Å². The molecule has 0 amide bonds. The first kappa shape index (κ1) is 14.6. The van der Waals surface area contributed by atoms with Gasteiger partial charge in [-0.05, 0) is 38.7 Å². The topological polar surface area (TPSA) is 46.6 Å². The van der Waals surface area contributed by atoms with Crippen LogP contribution in [0.25, 0.3) is 5.65 Å². The molecule has 0 bridgehead atoms. The average Bonchev–Trinajstić information content (AvgIpc) is 2.76. The van der Waals surface area contributed by atoms with Crippen molar-refractivity contribution in [2.24, 2.45) is 0 Å². The van der Waals surface area contributed by atoms with Crippen molar-refractivity contribution in [1.82, 2.24) is 14.3 Å². The third-order valence-electron chi connectivity index (χ3n) is 3.74. The number of aromatic nitrogens is 2. The summed E-state index contributed by atoms with van der Waals surface area (Å²) in [5.41, 5.74) is 12.5. The minimum atomic E-state index is 0.756. The van der Waals surface area contributed by atoms with E-state index >= 15 is 0 Å². The van der Waals surface area contributed by atoms with Crippen LogP contribution in [0.15, 0.2) is 42.6 Å². The zero-order valence-electron chi connectivity index (χ0n) is 13.4. The number of pyridine rings is 1. The Kier molecular flexibility index (Phi) is 3.86. The van der Waals surface area contributed by atoms with Crippen molar-refractivity contribution in [2.75, 3.05) is 19.8 Å². The van der Waals surface area contributed by atoms with Crippen molar-refractivity contribution >= 4 is 11.3 Å². The van der Waals surface area contributed by atoms with Crippen molar-refractivity contribution in [3.05, 3.63) is 65.1 Å². The third kappa shape index (κ3) is 2.97. The van der Waals surface area contributed by atoms with Crippen LogP contribution in [0.5, 0.6) is 0 Å². The fraction of sp³-hybridized carbons (Fsp3) is 0.278. The zero-order chi connectivity index (χ0) is 15.7. The molecule has 0 aliphatic heterocycles. The highest BCUT2D eigenvalue weighted by Gasteiger charge is 2.13. The van der Waals surface area contributed by atoms with Gasteiger partial charge in [-0.15, -0.1) is 0 Å². The molecule has 4 heteroatoms. The largest absolute Gasteiger partial charge is 0.398 e. The van der Waals surface area contributed by atoms with Crippen molar-refractivity contribution in [1.29, 1.82) is 0 Å². The standard InChI is InChI=1S/C18H22N4/c1-13-5-4-6-14(9-13)10-16-17(12-21(2)3)22-11-15(19)7-8-18(22)20-16/h4-9,11H,10,12,19H2,1-3H3. The molecule has 22 heavy (non-hydrogen) atoms. The molecule has 0 aliphatic carbocycles. The molecule has 2 heterocycles. The maximum absolute atomic E-state index is 5.94. The molecule has 1 aromatic carbocycles. The third-order valence-corrected chi connectivity index (χ3v) is 3.74. The number of fused-ring (bicyclic) bond motifs is 1. The highest BCUT2D eigenvalue weighted by Crippen LogP contribution is 2.20. The molecular formula is C18H22N4. The van der Waals surface area contributed by atoms with Crippen molar-refractivity contribution in [2.45, 2.75) is 19.9 Å². The summed E-state index contributed by atoms with van der Waals surface area (Å²) in [7, 11) is 4.14. The van der Waals surface area contributed by atoms with Crippen LogP contribution >= 0.6 is 0 Å². The number of hydrogen-bond acceptors (Lipinski definition) is 3. The number of anilines is 1. The molecule has 0 unspecified atom stereocenters. The first-order valence-electron chi connectivity index (χ1n) is 7.48. The summed E-state index contributed by atoms with van der Waals surface area (Å²) in [6.45, 7) is 2.96. The lowest BCUT2D eigenvalue weighted by molar-refractivity contribution is 0.394. The van der Waals surface area contributed by atoms with Crippen LogP contribution in [0, 0.1) is 6.92 Å². The number of aryl methyl sites for hydroxylation is 1. The fourth-order valence-electron chi connectivity index (χ4n) is 2.78. The summed E-state index contributed by atoms with van der Waals surface area (Å²) in [6, 6.07) is 12.5. The van der Waals surface area contributed by atoms with Gasteiger partial charge in [0.25, 0.3) is 0 Å². The molecule has 0 radical (unpaired) electrons. The second-order valence-electron chi connectivity index (χ2n) is 6.10. The molecule has 0 spiro atoms. The summed E-state index contributed by atoms with van der Waals surface area (Å²) in [5.74, 6) is 0. The molecule has 3 rings (SSSR count). The van der Waals surface area contributed by atoms with Crippen LogP contribution in [0.1, 0.15) is 22.5 Å². The SMILES string of the molecule is Cc1cccc(Cc2nc3ccc(N)cn3c2CN(C)C)c1. The predicted octanol–water partition coefficient (Wildman–Crippen LogP) is 2.88. The van der Waals surface area contributed by atoms with Gasteiger partial charge in [0.15, 0.2) is 0 Å². The molecule has 0 saturated carbocycles. The van der Waals surface area contributed by atoms with E-state index in [0.29, 0.717) is 0 Å². The Bertz CT molecular complexity index is 802. The Labute approximate surface area is 131 Å². The van der Waals surface area contributed by atoms with E-state index in [1.165, 1.54) is 16.8 Å². The van der Waals surface area contributed by atoms with E-state index in [2.05, 4.69) is 54.6 Å². The summed E-state index contributed by atoms with van der Waals surface area (Å²) >= 11 is 0. The molecule has 0 fully saturated rings. The first-order valence-corrected chi connectivity index (χ1v) is 7.48. The Hall–Kier alpha value is -2.33. The van der Waals surface area contributed by atoms with E-state index in [4.69, 9.17) is 10.7 Å². The molecule has 114 valence electrons. The molecule has 4 nitrogen and oxygen atoms in total. The van der Waals surface area contributed by atoms with Crippen LogP contribution in [-0.2, 0) is 13.0 Å². The maximum atomic E-state index is 5.94. The van der Waals surface area contributed by atoms with Gasteiger partial charge in [0, 0.05) is 24.8 Å². The van der Waals surface area contributed by atoms with Crippen LogP contribution in [0.4, 0.5) is 5.69 Å². The molecule has 3 aromatic rings. The van der Waals surface area contributed by atoms with Gasteiger partial charge in [0.05, 0.1) is 11.4 Å². The molecule has 2 aromatic heterocycles. The Morgan fingerprint density at radius 3 is 2.73 bits per heavy atom. The fourth-order valence-corrected chi connectivity index (χ4v) is 2.78. The summed E-state index contributed by atoms with van der Waals surface area (Å²) in [4.78, 5) is 6.97. The Morgan fingerprint density at radius 2 is 2.00 bits per heavy atom. The zero-order valence-corrected chi connectivity index (χ0v) is 13.4. The second kappa shape index (κ2) is 5.81. The normalized spacial score (nSPS) is 11.5. The van der Waals surface area contributed by atoms with Gasteiger partial charge in [0.2, 0.25) is 0 Å². The average molecular weight is 294 g/mol. The Balaban J connectivity index is 2.07. The Morgan fingerprint density at radius 1 is 1.18 bits per heavy atom. The lowest BCUT2D eigenvalue weighted by Gasteiger charge is -2.12. The van der Waals surface area contributed by atoms with Gasteiger partial charge in [-0.25, -0.2) is 4.98 Å². The number of imidazole rings is 1. The molecule has 0 atom stereocenters.